The number of nitrogens with one attached hydrogen (secondary N) is 1. The summed E-state index contributed by atoms with van der Waals surface area (Å²) in [5.41, 5.74) is 8.01. The van der Waals surface area contributed by atoms with Crippen molar-refractivity contribution in [2.24, 2.45) is 0 Å². The van der Waals surface area contributed by atoms with Crippen LogP contribution in [0.15, 0.2) is 42.5 Å². The van der Waals surface area contributed by atoms with E-state index in [0.717, 1.165) is 21.5 Å². The molecule has 0 radical (unpaired) electrons. The first-order valence-electron chi connectivity index (χ1n) is 6.73. The molecule has 0 aliphatic rings. The summed E-state index contributed by atoms with van der Waals surface area (Å²) in [5.74, 6) is 0.619. The van der Waals surface area contributed by atoms with Gasteiger partial charge in [0.2, 0.25) is 0 Å². The highest BCUT2D eigenvalue weighted by molar-refractivity contribution is 7.22. The zero-order valence-corrected chi connectivity index (χ0v) is 12.8. The van der Waals surface area contributed by atoms with E-state index in [9.17, 15) is 4.79 Å². The SMILES string of the molecule is COc1ccccc1CNC(=O)c1ccc2nc(N)sc2c1. The number of fused-ring (bicyclic) bond motifs is 1. The molecule has 3 aromatic rings. The third-order valence-corrected chi connectivity index (χ3v) is 4.15. The number of nitrogens with two attached hydrogens (primary N) is 1. The Morgan fingerprint density at radius 2 is 2.14 bits per heavy atom. The highest BCUT2D eigenvalue weighted by atomic mass is 32.1. The average molecular weight is 313 g/mol. The van der Waals surface area contributed by atoms with Gasteiger partial charge in [0, 0.05) is 17.7 Å². The van der Waals surface area contributed by atoms with Crippen molar-refractivity contribution in [3.05, 3.63) is 53.6 Å². The predicted octanol–water partition coefficient (Wildman–Crippen LogP) is 2.82. The van der Waals surface area contributed by atoms with Crippen LogP contribution in [0.25, 0.3) is 10.2 Å². The summed E-state index contributed by atoms with van der Waals surface area (Å²) in [6.45, 7) is 0.408. The van der Waals surface area contributed by atoms with Crippen LogP contribution in [0.3, 0.4) is 0 Å². The van der Waals surface area contributed by atoms with Crippen molar-refractivity contribution in [3.63, 3.8) is 0 Å². The van der Waals surface area contributed by atoms with Crippen LogP contribution in [0.4, 0.5) is 5.13 Å². The first-order chi connectivity index (χ1) is 10.7. The van der Waals surface area contributed by atoms with Gasteiger partial charge in [0.25, 0.3) is 5.91 Å². The first kappa shape index (κ1) is 14.3. The molecule has 3 N–H and O–H groups in total. The molecule has 0 saturated heterocycles. The lowest BCUT2D eigenvalue weighted by molar-refractivity contribution is 0.0951. The molecular formula is C16H15N3O2S. The fourth-order valence-corrected chi connectivity index (χ4v) is 2.98. The van der Waals surface area contributed by atoms with Crippen LogP contribution in [0.1, 0.15) is 15.9 Å². The number of ether oxygens (including phenoxy) is 1. The lowest BCUT2D eigenvalue weighted by atomic mass is 10.1. The van der Waals surface area contributed by atoms with Gasteiger partial charge in [-0.3, -0.25) is 4.79 Å². The Balaban J connectivity index is 1.75. The monoisotopic (exact) mass is 313 g/mol. The van der Waals surface area contributed by atoms with Gasteiger partial charge in [-0.15, -0.1) is 0 Å². The van der Waals surface area contributed by atoms with Gasteiger partial charge in [-0.2, -0.15) is 0 Å². The van der Waals surface area contributed by atoms with E-state index in [1.165, 1.54) is 11.3 Å². The molecule has 6 heteroatoms. The minimum absolute atomic E-state index is 0.139. The number of carbonyl (C=O) groups excluding carboxylic acids is 1. The number of nitrogen functional groups attached to an aromatic ring is 1. The number of carbonyl (C=O) groups is 1. The van der Waals surface area contributed by atoms with E-state index in [1.54, 1.807) is 25.3 Å². The van der Waals surface area contributed by atoms with Gasteiger partial charge in [-0.05, 0) is 24.3 Å². The largest absolute Gasteiger partial charge is 0.496 e. The smallest absolute Gasteiger partial charge is 0.251 e. The van der Waals surface area contributed by atoms with E-state index in [2.05, 4.69) is 10.3 Å². The number of rotatable bonds is 4. The lowest BCUT2D eigenvalue weighted by Gasteiger charge is -2.09. The number of aromatic nitrogens is 1. The number of nitrogens with zero attached hydrogens (tertiary/aromatic N) is 1. The van der Waals surface area contributed by atoms with Crippen LogP contribution in [-0.2, 0) is 6.54 Å². The van der Waals surface area contributed by atoms with E-state index < -0.39 is 0 Å². The number of para-hydroxylation sites is 1. The molecule has 1 amide bonds. The first-order valence-corrected chi connectivity index (χ1v) is 7.55. The van der Waals surface area contributed by atoms with E-state index in [4.69, 9.17) is 10.5 Å². The molecule has 0 unspecified atom stereocenters. The van der Waals surface area contributed by atoms with Crippen LogP contribution < -0.4 is 15.8 Å². The van der Waals surface area contributed by atoms with Gasteiger partial charge in [0.1, 0.15) is 5.75 Å². The summed E-state index contributed by atoms with van der Waals surface area (Å²) >= 11 is 1.37. The van der Waals surface area contributed by atoms with Crippen LogP contribution in [0.2, 0.25) is 0 Å². The molecule has 1 heterocycles. The maximum atomic E-state index is 12.3. The van der Waals surface area contributed by atoms with Crippen LogP contribution in [-0.4, -0.2) is 18.0 Å². The van der Waals surface area contributed by atoms with Crippen molar-refractivity contribution >= 4 is 32.6 Å². The highest BCUT2D eigenvalue weighted by Crippen LogP contribution is 2.24. The molecule has 0 aliphatic carbocycles. The standard InChI is InChI=1S/C16H15N3O2S/c1-21-13-5-3-2-4-11(13)9-18-15(20)10-6-7-12-14(8-10)22-16(17)19-12/h2-8H,9H2,1H3,(H2,17,19)(H,18,20). The summed E-state index contributed by atoms with van der Waals surface area (Å²) in [6.07, 6.45) is 0. The van der Waals surface area contributed by atoms with Gasteiger partial charge in [0.15, 0.2) is 5.13 Å². The summed E-state index contributed by atoms with van der Waals surface area (Å²) < 4.78 is 6.18. The Bertz CT molecular complexity index is 829. The van der Waals surface area contributed by atoms with E-state index >= 15 is 0 Å². The van der Waals surface area contributed by atoms with Crippen LogP contribution in [0.5, 0.6) is 5.75 Å². The van der Waals surface area contributed by atoms with Gasteiger partial charge in [-0.1, -0.05) is 29.5 Å². The number of benzene rings is 2. The number of anilines is 1. The Labute approximate surface area is 131 Å². The molecule has 0 aliphatic heterocycles. The molecule has 1 aromatic heterocycles. The number of amides is 1. The van der Waals surface area contributed by atoms with Crippen molar-refractivity contribution in [2.75, 3.05) is 12.8 Å². The highest BCUT2D eigenvalue weighted by Gasteiger charge is 2.10. The fraction of sp³-hybridized carbons (Fsp3) is 0.125. The minimum atomic E-state index is -0.139. The minimum Gasteiger partial charge on any atom is -0.496 e. The molecule has 0 atom stereocenters. The number of methoxy groups -OCH3 is 1. The van der Waals surface area contributed by atoms with E-state index in [-0.39, 0.29) is 5.91 Å². The zero-order valence-electron chi connectivity index (χ0n) is 12.0. The van der Waals surface area contributed by atoms with Gasteiger partial charge < -0.3 is 15.8 Å². The van der Waals surface area contributed by atoms with Gasteiger partial charge in [0.05, 0.1) is 17.3 Å². The predicted molar refractivity (Wildman–Crippen MR) is 88.2 cm³/mol. The molecule has 2 aromatic carbocycles. The summed E-state index contributed by atoms with van der Waals surface area (Å²) in [6, 6.07) is 13.0. The second kappa shape index (κ2) is 6.03. The van der Waals surface area contributed by atoms with Crippen molar-refractivity contribution in [1.82, 2.24) is 10.3 Å². The lowest BCUT2D eigenvalue weighted by Crippen LogP contribution is -2.22. The second-order valence-electron chi connectivity index (χ2n) is 4.73. The molecular weight excluding hydrogens is 298 g/mol. The molecule has 0 bridgehead atoms. The maximum Gasteiger partial charge on any atom is 0.251 e. The Morgan fingerprint density at radius 1 is 1.32 bits per heavy atom. The molecule has 5 nitrogen and oxygen atoms in total. The van der Waals surface area contributed by atoms with Crippen molar-refractivity contribution < 1.29 is 9.53 Å². The number of thiazole rings is 1. The average Bonchev–Trinajstić information content (AvgIpc) is 2.91. The van der Waals surface area contributed by atoms with Crippen molar-refractivity contribution in [1.29, 1.82) is 0 Å². The van der Waals surface area contributed by atoms with Crippen LogP contribution in [0, 0.1) is 0 Å². The normalized spacial score (nSPS) is 10.6. The van der Waals surface area contributed by atoms with E-state index in [1.807, 2.05) is 24.3 Å². The molecule has 0 saturated carbocycles. The topological polar surface area (TPSA) is 77.2 Å². The Kier molecular flexibility index (Phi) is 3.93. The Hall–Kier alpha value is -2.60. The summed E-state index contributed by atoms with van der Waals surface area (Å²) in [4.78, 5) is 16.4. The molecule has 0 spiro atoms. The fourth-order valence-electron chi connectivity index (χ4n) is 2.21. The van der Waals surface area contributed by atoms with Crippen molar-refractivity contribution in [2.45, 2.75) is 6.54 Å². The third-order valence-electron chi connectivity index (χ3n) is 3.30. The number of hydrogen-bond donors (Lipinski definition) is 2. The van der Waals surface area contributed by atoms with Crippen molar-refractivity contribution in [3.8, 4) is 5.75 Å². The molecule has 3 rings (SSSR count). The van der Waals surface area contributed by atoms with Gasteiger partial charge >= 0.3 is 0 Å². The molecule has 22 heavy (non-hydrogen) atoms. The quantitative estimate of drug-likeness (QED) is 0.776. The summed E-state index contributed by atoms with van der Waals surface area (Å²) in [5, 5.41) is 3.40. The van der Waals surface area contributed by atoms with Crippen LogP contribution >= 0.6 is 11.3 Å². The molecule has 0 fully saturated rings. The summed E-state index contributed by atoms with van der Waals surface area (Å²) in [7, 11) is 1.61. The maximum absolute atomic E-state index is 12.3. The molecule has 112 valence electrons. The Morgan fingerprint density at radius 3 is 2.95 bits per heavy atom. The zero-order chi connectivity index (χ0) is 15.5. The number of hydrogen-bond acceptors (Lipinski definition) is 5. The second-order valence-corrected chi connectivity index (χ2v) is 5.79. The third kappa shape index (κ3) is 2.87. The van der Waals surface area contributed by atoms with E-state index in [0.29, 0.717) is 17.2 Å². The van der Waals surface area contributed by atoms with Gasteiger partial charge in [-0.25, -0.2) is 4.98 Å².